The van der Waals surface area contributed by atoms with Gasteiger partial charge in [0.15, 0.2) is 0 Å². The predicted molar refractivity (Wildman–Crippen MR) is 66.0 cm³/mol. The summed E-state index contributed by atoms with van der Waals surface area (Å²) in [6, 6.07) is 4.85. The maximum Gasteiger partial charge on any atom is 0.224 e. The fraction of sp³-hybridized carbons (Fsp3) is 0.364. The molecule has 0 saturated heterocycles. The van der Waals surface area contributed by atoms with E-state index in [0.29, 0.717) is 22.2 Å². The minimum Gasteiger partial charge on any atom is -0.393 e. The number of anilines is 1. The van der Waals surface area contributed by atoms with Gasteiger partial charge in [0.1, 0.15) is 0 Å². The molecule has 1 aromatic carbocycles. The van der Waals surface area contributed by atoms with Crippen LogP contribution in [0.15, 0.2) is 18.2 Å². The van der Waals surface area contributed by atoms with Gasteiger partial charge in [-0.3, -0.25) is 4.79 Å². The van der Waals surface area contributed by atoms with Gasteiger partial charge in [0, 0.05) is 11.4 Å². The fourth-order valence-corrected chi connectivity index (χ4v) is 1.48. The number of hydrogen-bond donors (Lipinski definition) is 2. The lowest BCUT2D eigenvalue weighted by molar-refractivity contribution is -0.116. The van der Waals surface area contributed by atoms with E-state index in [4.69, 9.17) is 28.3 Å². The third-order valence-electron chi connectivity index (χ3n) is 1.99. The summed E-state index contributed by atoms with van der Waals surface area (Å²) in [6.07, 6.45) is 0.186. The van der Waals surface area contributed by atoms with Crippen molar-refractivity contribution >= 4 is 34.8 Å². The molecule has 0 aliphatic heterocycles. The molecule has 1 unspecified atom stereocenters. The van der Waals surface area contributed by atoms with Gasteiger partial charge in [-0.1, -0.05) is 23.2 Å². The maximum atomic E-state index is 11.5. The van der Waals surface area contributed by atoms with Crippen molar-refractivity contribution in [1.82, 2.24) is 0 Å². The Hall–Kier alpha value is -0.770. The van der Waals surface area contributed by atoms with E-state index in [-0.39, 0.29) is 12.3 Å². The molecule has 0 aliphatic carbocycles. The molecule has 5 heteroatoms. The number of halogens is 2. The van der Waals surface area contributed by atoms with E-state index >= 15 is 0 Å². The van der Waals surface area contributed by atoms with Gasteiger partial charge in [-0.05, 0) is 31.5 Å². The predicted octanol–water partition coefficient (Wildman–Crippen LogP) is 3.09. The first-order valence-electron chi connectivity index (χ1n) is 4.92. The standard InChI is InChI=1S/C11H13Cl2NO2/c1-7(15)2-5-11(16)14-10-6-8(12)3-4-9(10)13/h3-4,6-7,15H,2,5H2,1H3,(H,14,16). The molecule has 0 aliphatic rings. The Morgan fingerprint density at radius 3 is 2.81 bits per heavy atom. The molecule has 0 saturated carbocycles. The highest BCUT2D eigenvalue weighted by Crippen LogP contribution is 2.25. The molecule has 1 amide bonds. The lowest BCUT2D eigenvalue weighted by Gasteiger charge is -2.08. The fourth-order valence-electron chi connectivity index (χ4n) is 1.15. The SMILES string of the molecule is CC(O)CCC(=O)Nc1cc(Cl)ccc1Cl. The third-order valence-corrected chi connectivity index (χ3v) is 2.56. The first kappa shape index (κ1) is 13.3. The Kier molecular flexibility index (Phi) is 5.06. The van der Waals surface area contributed by atoms with Crippen molar-refractivity contribution in [2.75, 3.05) is 5.32 Å². The number of carbonyl (C=O) groups excluding carboxylic acids is 1. The number of benzene rings is 1. The van der Waals surface area contributed by atoms with Crippen molar-refractivity contribution in [3.63, 3.8) is 0 Å². The second-order valence-electron chi connectivity index (χ2n) is 3.56. The third kappa shape index (κ3) is 4.39. The topological polar surface area (TPSA) is 49.3 Å². The average Bonchev–Trinajstić information content (AvgIpc) is 2.20. The van der Waals surface area contributed by atoms with Crippen molar-refractivity contribution in [1.29, 1.82) is 0 Å². The Balaban J connectivity index is 2.59. The van der Waals surface area contributed by atoms with E-state index in [2.05, 4.69) is 5.32 Å². The molecule has 16 heavy (non-hydrogen) atoms. The van der Waals surface area contributed by atoms with E-state index in [1.165, 1.54) is 0 Å². The van der Waals surface area contributed by atoms with E-state index < -0.39 is 6.10 Å². The maximum absolute atomic E-state index is 11.5. The van der Waals surface area contributed by atoms with Gasteiger partial charge >= 0.3 is 0 Å². The molecule has 3 nitrogen and oxygen atoms in total. The van der Waals surface area contributed by atoms with E-state index in [1.54, 1.807) is 25.1 Å². The monoisotopic (exact) mass is 261 g/mol. The van der Waals surface area contributed by atoms with E-state index in [1.807, 2.05) is 0 Å². The highest BCUT2D eigenvalue weighted by molar-refractivity contribution is 6.35. The van der Waals surface area contributed by atoms with Crippen LogP contribution in [0.5, 0.6) is 0 Å². The van der Waals surface area contributed by atoms with Crippen LogP contribution in [0.1, 0.15) is 19.8 Å². The van der Waals surface area contributed by atoms with Crippen LogP contribution in [0.4, 0.5) is 5.69 Å². The van der Waals surface area contributed by atoms with Crippen LogP contribution in [0, 0.1) is 0 Å². The molecule has 0 radical (unpaired) electrons. The highest BCUT2D eigenvalue weighted by atomic mass is 35.5. The lowest BCUT2D eigenvalue weighted by atomic mass is 10.2. The van der Waals surface area contributed by atoms with Crippen LogP contribution in [0.2, 0.25) is 10.0 Å². The van der Waals surface area contributed by atoms with E-state index in [9.17, 15) is 4.79 Å². The number of carbonyl (C=O) groups is 1. The molecule has 0 heterocycles. The summed E-state index contributed by atoms with van der Waals surface area (Å²) >= 11 is 11.7. The van der Waals surface area contributed by atoms with Crippen molar-refractivity contribution in [2.45, 2.75) is 25.9 Å². The van der Waals surface area contributed by atoms with Gasteiger partial charge in [-0.15, -0.1) is 0 Å². The first-order valence-corrected chi connectivity index (χ1v) is 5.67. The minimum atomic E-state index is -0.486. The second-order valence-corrected chi connectivity index (χ2v) is 4.40. The number of rotatable bonds is 4. The van der Waals surface area contributed by atoms with Gasteiger partial charge in [-0.2, -0.15) is 0 Å². The molecule has 0 aromatic heterocycles. The summed E-state index contributed by atoms with van der Waals surface area (Å²) in [6.45, 7) is 1.64. The molecule has 0 bridgehead atoms. The summed E-state index contributed by atoms with van der Waals surface area (Å²) < 4.78 is 0. The number of aliphatic hydroxyl groups excluding tert-OH is 1. The van der Waals surface area contributed by atoms with Gasteiger partial charge in [0.25, 0.3) is 0 Å². The molecular formula is C11H13Cl2NO2. The van der Waals surface area contributed by atoms with Crippen LogP contribution >= 0.6 is 23.2 Å². The van der Waals surface area contributed by atoms with Crippen molar-refractivity contribution in [3.05, 3.63) is 28.2 Å². The molecule has 88 valence electrons. The van der Waals surface area contributed by atoms with Crippen molar-refractivity contribution in [3.8, 4) is 0 Å². The summed E-state index contributed by atoms with van der Waals surface area (Å²) in [5, 5.41) is 12.6. The zero-order chi connectivity index (χ0) is 12.1. The minimum absolute atomic E-state index is 0.190. The summed E-state index contributed by atoms with van der Waals surface area (Å²) in [5.41, 5.74) is 0.491. The largest absolute Gasteiger partial charge is 0.393 e. The lowest BCUT2D eigenvalue weighted by Crippen LogP contribution is -2.14. The smallest absolute Gasteiger partial charge is 0.224 e. The highest BCUT2D eigenvalue weighted by Gasteiger charge is 2.07. The van der Waals surface area contributed by atoms with Crippen molar-refractivity contribution in [2.24, 2.45) is 0 Å². The quantitative estimate of drug-likeness (QED) is 0.875. The van der Waals surface area contributed by atoms with Crippen LogP contribution < -0.4 is 5.32 Å². The molecule has 0 fully saturated rings. The molecule has 1 atom stereocenters. The number of hydrogen-bond acceptors (Lipinski definition) is 2. The van der Waals surface area contributed by atoms with Gasteiger partial charge < -0.3 is 10.4 Å². The zero-order valence-corrected chi connectivity index (χ0v) is 10.3. The average molecular weight is 262 g/mol. The molecule has 1 rings (SSSR count). The Morgan fingerprint density at radius 2 is 2.19 bits per heavy atom. The Morgan fingerprint density at radius 1 is 1.50 bits per heavy atom. The summed E-state index contributed by atoms with van der Waals surface area (Å²) in [7, 11) is 0. The van der Waals surface area contributed by atoms with Gasteiger partial charge in [0.2, 0.25) is 5.91 Å². The normalized spacial score (nSPS) is 12.2. The molecule has 2 N–H and O–H groups in total. The molecular weight excluding hydrogens is 249 g/mol. The number of amides is 1. The van der Waals surface area contributed by atoms with Crippen LogP contribution in [-0.4, -0.2) is 17.1 Å². The Bertz CT molecular complexity index is 380. The van der Waals surface area contributed by atoms with Crippen molar-refractivity contribution < 1.29 is 9.90 Å². The summed E-state index contributed by atoms with van der Waals surface area (Å²) in [4.78, 5) is 11.5. The zero-order valence-electron chi connectivity index (χ0n) is 8.84. The first-order chi connectivity index (χ1) is 7.49. The summed E-state index contributed by atoms with van der Waals surface area (Å²) in [5.74, 6) is -0.190. The van der Waals surface area contributed by atoms with Gasteiger partial charge in [0.05, 0.1) is 16.8 Å². The molecule has 0 spiro atoms. The molecule has 1 aromatic rings. The van der Waals surface area contributed by atoms with E-state index in [0.717, 1.165) is 0 Å². The van der Waals surface area contributed by atoms with Gasteiger partial charge in [-0.25, -0.2) is 0 Å². The van der Waals surface area contributed by atoms with Crippen LogP contribution in [0.3, 0.4) is 0 Å². The second kappa shape index (κ2) is 6.09. The van der Waals surface area contributed by atoms with Crippen LogP contribution in [-0.2, 0) is 4.79 Å². The number of nitrogens with one attached hydrogen (secondary N) is 1. The number of aliphatic hydroxyl groups is 1. The van der Waals surface area contributed by atoms with Crippen LogP contribution in [0.25, 0.3) is 0 Å². The Labute approximate surface area is 104 Å².